The van der Waals surface area contributed by atoms with E-state index in [2.05, 4.69) is 11.4 Å². The standard InChI is InChI=1S/C15H20ClNOS/c16-14-7-3-4-12(10-14)11-19-9-8-17-15(18)13-5-1-2-6-13/h3-4,7,10,13H,1-2,5-6,8-9,11H2,(H,17,18). The number of hydrogen-bond acceptors (Lipinski definition) is 2. The predicted octanol–water partition coefficient (Wildman–Crippen LogP) is 3.88. The monoisotopic (exact) mass is 297 g/mol. The van der Waals surface area contributed by atoms with Gasteiger partial charge in [-0.1, -0.05) is 36.6 Å². The van der Waals surface area contributed by atoms with Gasteiger partial charge in [0.15, 0.2) is 0 Å². The van der Waals surface area contributed by atoms with Crippen LogP contribution in [-0.4, -0.2) is 18.2 Å². The van der Waals surface area contributed by atoms with E-state index >= 15 is 0 Å². The van der Waals surface area contributed by atoms with E-state index in [0.717, 1.165) is 35.9 Å². The van der Waals surface area contributed by atoms with Crippen molar-refractivity contribution in [2.24, 2.45) is 5.92 Å². The Hall–Kier alpha value is -0.670. The first kappa shape index (κ1) is 14.7. The van der Waals surface area contributed by atoms with Gasteiger partial charge in [0.05, 0.1) is 0 Å². The van der Waals surface area contributed by atoms with Crippen molar-refractivity contribution in [3.8, 4) is 0 Å². The van der Waals surface area contributed by atoms with Crippen LogP contribution in [0.2, 0.25) is 5.02 Å². The van der Waals surface area contributed by atoms with Gasteiger partial charge in [0, 0.05) is 29.0 Å². The molecule has 1 aromatic carbocycles. The lowest BCUT2D eigenvalue weighted by Crippen LogP contribution is -2.31. The summed E-state index contributed by atoms with van der Waals surface area (Å²) in [4.78, 5) is 11.8. The number of hydrogen-bond donors (Lipinski definition) is 1. The number of thioether (sulfide) groups is 1. The Kier molecular flexibility index (Phi) is 6.05. The van der Waals surface area contributed by atoms with Gasteiger partial charge in [-0.25, -0.2) is 0 Å². The summed E-state index contributed by atoms with van der Waals surface area (Å²) < 4.78 is 0. The average Bonchev–Trinajstić information content (AvgIpc) is 2.92. The average molecular weight is 298 g/mol. The van der Waals surface area contributed by atoms with E-state index < -0.39 is 0 Å². The second-order valence-electron chi connectivity index (χ2n) is 4.95. The molecule has 0 bridgehead atoms. The summed E-state index contributed by atoms with van der Waals surface area (Å²) in [7, 11) is 0. The van der Waals surface area contributed by atoms with Crippen molar-refractivity contribution in [3.63, 3.8) is 0 Å². The number of halogens is 1. The third kappa shape index (κ3) is 5.07. The van der Waals surface area contributed by atoms with Crippen molar-refractivity contribution in [1.82, 2.24) is 5.32 Å². The molecule has 0 saturated heterocycles. The number of benzene rings is 1. The fourth-order valence-corrected chi connectivity index (χ4v) is 3.41. The van der Waals surface area contributed by atoms with Crippen LogP contribution < -0.4 is 5.32 Å². The number of rotatable bonds is 6. The molecule has 0 spiro atoms. The van der Waals surface area contributed by atoms with Gasteiger partial charge in [-0.15, -0.1) is 0 Å². The Morgan fingerprint density at radius 1 is 1.37 bits per heavy atom. The Labute approximate surface area is 124 Å². The van der Waals surface area contributed by atoms with Crippen molar-refractivity contribution < 1.29 is 4.79 Å². The molecule has 1 aliphatic carbocycles. The van der Waals surface area contributed by atoms with Gasteiger partial charge in [-0.2, -0.15) is 11.8 Å². The summed E-state index contributed by atoms with van der Waals surface area (Å²) >= 11 is 7.76. The maximum absolute atomic E-state index is 11.8. The van der Waals surface area contributed by atoms with E-state index in [1.165, 1.54) is 18.4 Å². The predicted molar refractivity (Wildman–Crippen MR) is 82.6 cm³/mol. The number of amides is 1. The highest BCUT2D eigenvalue weighted by molar-refractivity contribution is 7.98. The minimum absolute atomic E-state index is 0.251. The molecule has 104 valence electrons. The van der Waals surface area contributed by atoms with Crippen LogP contribution in [0.1, 0.15) is 31.2 Å². The van der Waals surface area contributed by atoms with E-state index in [1.54, 1.807) is 0 Å². The molecule has 0 radical (unpaired) electrons. The summed E-state index contributed by atoms with van der Waals surface area (Å²) in [5, 5.41) is 3.82. The van der Waals surface area contributed by atoms with Crippen LogP contribution in [0.3, 0.4) is 0 Å². The minimum atomic E-state index is 0.251. The summed E-state index contributed by atoms with van der Waals surface area (Å²) in [6.45, 7) is 0.764. The normalized spacial score (nSPS) is 15.6. The topological polar surface area (TPSA) is 29.1 Å². The van der Waals surface area contributed by atoms with Gasteiger partial charge in [0.1, 0.15) is 0 Å². The number of nitrogens with one attached hydrogen (secondary N) is 1. The van der Waals surface area contributed by atoms with Crippen LogP contribution in [-0.2, 0) is 10.5 Å². The van der Waals surface area contributed by atoms with Gasteiger partial charge >= 0.3 is 0 Å². The Bertz CT molecular complexity index is 418. The van der Waals surface area contributed by atoms with Crippen LogP contribution in [0.5, 0.6) is 0 Å². The lowest BCUT2D eigenvalue weighted by Gasteiger charge is -2.10. The van der Waals surface area contributed by atoms with Crippen LogP contribution >= 0.6 is 23.4 Å². The Balaban J connectivity index is 1.58. The third-order valence-corrected chi connectivity index (χ3v) is 4.69. The van der Waals surface area contributed by atoms with E-state index in [-0.39, 0.29) is 11.8 Å². The van der Waals surface area contributed by atoms with Gasteiger partial charge in [-0.3, -0.25) is 4.79 Å². The molecule has 0 unspecified atom stereocenters. The summed E-state index contributed by atoms with van der Waals surface area (Å²) in [6.07, 6.45) is 4.56. The van der Waals surface area contributed by atoms with Crippen molar-refractivity contribution in [1.29, 1.82) is 0 Å². The SMILES string of the molecule is O=C(NCCSCc1cccc(Cl)c1)C1CCCC1. The summed E-state index contributed by atoms with van der Waals surface area (Å²) in [5.74, 6) is 2.42. The van der Waals surface area contributed by atoms with Crippen molar-refractivity contribution in [3.05, 3.63) is 34.9 Å². The smallest absolute Gasteiger partial charge is 0.223 e. The molecule has 1 aromatic rings. The van der Waals surface area contributed by atoms with E-state index in [9.17, 15) is 4.79 Å². The zero-order valence-electron chi connectivity index (χ0n) is 11.0. The highest BCUT2D eigenvalue weighted by atomic mass is 35.5. The zero-order chi connectivity index (χ0) is 13.5. The molecule has 1 aliphatic rings. The molecule has 1 N–H and O–H groups in total. The lowest BCUT2D eigenvalue weighted by atomic mass is 10.1. The largest absolute Gasteiger partial charge is 0.355 e. The van der Waals surface area contributed by atoms with Gasteiger partial charge < -0.3 is 5.32 Å². The highest BCUT2D eigenvalue weighted by Gasteiger charge is 2.21. The van der Waals surface area contributed by atoms with Gasteiger partial charge in [-0.05, 0) is 30.5 Å². The van der Waals surface area contributed by atoms with Crippen LogP contribution in [0.25, 0.3) is 0 Å². The summed E-state index contributed by atoms with van der Waals surface area (Å²) in [5.41, 5.74) is 1.24. The molecule has 4 heteroatoms. The van der Waals surface area contributed by atoms with E-state index in [4.69, 9.17) is 11.6 Å². The molecule has 0 aromatic heterocycles. The first-order valence-electron chi connectivity index (χ1n) is 6.85. The second kappa shape index (κ2) is 7.81. The maximum Gasteiger partial charge on any atom is 0.223 e. The Morgan fingerprint density at radius 2 is 2.16 bits per heavy atom. The van der Waals surface area contributed by atoms with Crippen molar-refractivity contribution in [2.45, 2.75) is 31.4 Å². The fourth-order valence-electron chi connectivity index (χ4n) is 2.40. The third-order valence-electron chi connectivity index (χ3n) is 3.43. The van der Waals surface area contributed by atoms with E-state index in [0.29, 0.717) is 0 Å². The molecule has 19 heavy (non-hydrogen) atoms. The zero-order valence-corrected chi connectivity index (χ0v) is 12.6. The molecular weight excluding hydrogens is 278 g/mol. The second-order valence-corrected chi connectivity index (χ2v) is 6.50. The fraction of sp³-hybridized carbons (Fsp3) is 0.533. The lowest BCUT2D eigenvalue weighted by molar-refractivity contribution is -0.124. The molecule has 1 amide bonds. The molecule has 1 saturated carbocycles. The van der Waals surface area contributed by atoms with Gasteiger partial charge in [0.25, 0.3) is 0 Å². The number of carbonyl (C=O) groups excluding carboxylic acids is 1. The maximum atomic E-state index is 11.8. The molecular formula is C15H20ClNOS. The number of carbonyl (C=O) groups is 1. The van der Waals surface area contributed by atoms with Crippen LogP contribution in [0.15, 0.2) is 24.3 Å². The van der Waals surface area contributed by atoms with Crippen LogP contribution in [0.4, 0.5) is 0 Å². The van der Waals surface area contributed by atoms with Crippen LogP contribution in [0, 0.1) is 5.92 Å². The molecule has 2 nitrogen and oxygen atoms in total. The molecule has 0 atom stereocenters. The highest BCUT2D eigenvalue weighted by Crippen LogP contribution is 2.24. The first-order chi connectivity index (χ1) is 9.25. The first-order valence-corrected chi connectivity index (χ1v) is 8.39. The van der Waals surface area contributed by atoms with Crippen molar-refractivity contribution >= 4 is 29.3 Å². The molecule has 1 fully saturated rings. The summed E-state index contributed by atoms with van der Waals surface area (Å²) in [6, 6.07) is 7.93. The molecule has 0 aliphatic heterocycles. The molecule has 0 heterocycles. The minimum Gasteiger partial charge on any atom is -0.355 e. The van der Waals surface area contributed by atoms with Gasteiger partial charge in [0.2, 0.25) is 5.91 Å². The quantitative estimate of drug-likeness (QED) is 0.807. The van der Waals surface area contributed by atoms with Crippen molar-refractivity contribution in [2.75, 3.05) is 12.3 Å². The Morgan fingerprint density at radius 3 is 2.89 bits per heavy atom. The van der Waals surface area contributed by atoms with E-state index in [1.807, 2.05) is 30.0 Å². The molecule has 2 rings (SSSR count).